The van der Waals surface area contributed by atoms with Gasteiger partial charge < -0.3 is 4.79 Å². The number of carbonyl (C=O) groups excluding carboxylic acids is 1. The number of hydrogen-bond donors (Lipinski definition) is 0. The SMILES string of the molecule is Cc1cccc(CC(C=O)Sc2cccs2)c1. The Morgan fingerprint density at radius 2 is 2.24 bits per heavy atom. The van der Waals surface area contributed by atoms with E-state index in [9.17, 15) is 4.79 Å². The van der Waals surface area contributed by atoms with E-state index < -0.39 is 0 Å². The molecule has 0 saturated carbocycles. The van der Waals surface area contributed by atoms with Gasteiger partial charge in [0.25, 0.3) is 0 Å². The molecule has 1 aromatic heterocycles. The Morgan fingerprint density at radius 1 is 1.35 bits per heavy atom. The Kier molecular flexibility index (Phi) is 4.40. The highest BCUT2D eigenvalue weighted by Crippen LogP contribution is 2.28. The molecule has 0 bridgehead atoms. The first kappa shape index (κ1) is 12.4. The highest BCUT2D eigenvalue weighted by atomic mass is 32.2. The van der Waals surface area contributed by atoms with Crippen LogP contribution in [0.15, 0.2) is 46.0 Å². The number of hydrogen-bond acceptors (Lipinski definition) is 3. The summed E-state index contributed by atoms with van der Waals surface area (Å²) in [7, 11) is 0. The van der Waals surface area contributed by atoms with Crippen molar-refractivity contribution in [2.24, 2.45) is 0 Å². The molecule has 0 radical (unpaired) electrons. The number of aldehydes is 1. The van der Waals surface area contributed by atoms with Gasteiger partial charge in [-0.05, 0) is 30.4 Å². The Labute approximate surface area is 110 Å². The second kappa shape index (κ2) is 6.03. The number of carbonyl (C=O) groups is 1. The van der Waals surface area contributed by atoms with Crippen LogP contribution in [-0.2, 0) is 11.2 Å². The number of aryl methyl sites for hydroxylation is 1. The number of benzene rings is 1. The highest BCUT2D eigenvalue weighted by Gasteiger charge is 2.11. The van der Waals surface area contributed by atoms with Crippen molar-refractivity contribution in [2.75, 3.05) is 0 Å². The largest absolute Gasteiger partial charge is 0.302 e. The van der Waals surface area contributed by atoms with Crippen molar-refractivity contribution in [1.29, 1.82) is 0 Å². The van der Waals surface area contributed by atoms with E-state index in [-0.39, 0.29) is 5.25 Å². The molecule has 1 aromatic carbocycles. The molecule has 17 heavy (non-hydrogen) atoms. The summed E-state index contributed by atoms with van der Waals surface area (Å²) >= 11 is 3.33. The molecule has 1 atom stereocenters. The van der Waals surface area contributed by atoms with Crippen molar-refractivity contribution in [3.63, 3.8) is 0 Å². The van der Waals surface area contributed by atoms with Gasteiger partial charge in [-0.25, -0.2) is 0 Å². The lowest BCUT2D eigenvalue weighted by molar-refractivity contribution is -0.107. The van der Waals surface area contributed by atoms with Crippen molar-refractivity contribution in [3.05, 3.63) is 52.9 Å². The van der Waals surface area contributed by atoms with E-state index in [1.54, 1.807) is 23.1 Å². The molecule has 1 heterocycles. The predicted octanol–water partition coefficient (Wildman–Crippen LogP) is 3.96. The smallest absolute Gasteiger partial charge is 0.133 e. The fraction of sp³-hybridized carbons (Fsp3) is 0.214. The minimum atomic E-state index is 0.00968. The number of rotatable bonds is 5. The van der Waals surface area contributed by atoms with Crippen molar-refractivity contribution in [1.82, 2.24) is 0 Å². The van der Waals surface area contributed by atoms with E-state index in [1.807, 2.05) is 17.5 Å². The first-order valence-corrected chi connectivity index (χ1v) is 7.25. The molecule has 0 aliphatic heterocycles. The van der Waals surface area contributed by atoms with E-state index in [0.717, 1.165) is 12.7 Å². The van der Waals surface area contributed by atoms with Crippen LogP contribution in [0.1, 0.15) is 11.1 Å². The van der Waals surface area contributed by atoms with Gasteiger partial charge in [0.05, 0.1) is 9.46 Å². The zero-order valence-corrected chi connectivity index (χ0v) is 11.3. The van der Waals surface area contributed by atoms with Gasteiger partial charge in [0.1, 0.15) is 6.29 Å². The minimum absolute atomic E-state index is 0.00968. The average molecular weight is 262 g/mol. The Morgan fingerprint density at radius 3 is 2.88 bits per heavy atom. The lowest BCUT2D eigenvalue weighted by atomic mass is 10.1. The minimum Gasteiger partial charge on any atom is -0.302 e. The molecular weight excluding hydrogens is 248 g/mol. The molecule has 2 aromatic rings. The summed E-state index contributed by atoms with van der Waals surface area (Å²) in [5.74, 6) is 0. The van der Waals surface area contributed by atoms with Gasteiger partial charge in [0, 0.05) is 0 Å². The van der Waals surface area contributed by atoms with Gasteiger partial charge in [-0.2, -0.15) is 0 Å². The van der Waals surface area contributed by atoms with E-state index in [0.29, 0.717) is 0 Å². The third kappa shape index (κ3) is 3.72. The molecule has 1 nitrogen and oxygen atoms in total. The van der Waals surface area contributed by atoms with E-state index in [4.69, 9.17) is 0 Å². The molecule has 0 N–H and O–H groups in total. The van der Waals surface area contributed by atoms with Gasteiger partial charge in [0.15, 0.2) is 0 Å². The predicted molar refractivity (Wildman–Crippen MR) is 74.9 cm³/mol. The van der Waals surface area contributed by atoms with E-state index >= 15 is 0 Å². The summed E-state index contributed by atoms with van der Waals surface area (Å²) in [6, 6.07) is 12.4. The van der Waals surface area contributed by atoms with Crippen LogP contribution in [0.2, 0.25) is 0 Å². The maximum atomic E-state index is 11.1. The average Bonchev–Trinajstić information content (AvgIpc) is 2.81. The molecular formula is C14H14OS2. The molecule has 1 unspecified atom stereocenters. The van der Waals surface area contributed by atoms with Crippen LogP contribution in [0.5, 0.6) is 0 Å². The van der Waals surface area contributed by atoms with Gasteiger partial charge in [-0.15, -0.1) is 23.1 Å². The van der Waals surface area contributed by atoms with E-state index in [2.05, 4.69) is 31.2 Å². The third-order valence-corrected chi connectivity index (χ3v) is 4.62. The lowest BCUT2D eigenvalue weighted by Crippen LogP contribution is -2.07. The fourth-order valence-corrected chi connectivity index (χ4v) is 3.66. The van der Waals surface area contributed by atoms with Crippen LogP contribution in [0.4, 0.5) is 0 Å². The van der Waals surface area contributed by atoms with Crippen molar-refractivity contribution >= 4 is 29.4 Å². The van der Waals surface area contributed by atoms with Crippen LogP contribution in [-0.4, -0.2) is 11.5 Å². The molecule has 3 heteroatoms. The molecule has 2 rings (SSSR count). The van der Waals surface area contributed by atoms with Crippen molar-refractivity contribution in [3.8, 4) is 0 Å². The van der Waals surface area contributed by atoms with Crippen LogP contribution in [0, 0.1) is 6.92 Å². The Hall–Kier alpha value is -1.06. The van der Waals surface area contributed by atoms with Crippen LogP contribution >= 0.6 is 23.1 Å². The molecule has 0 spiro atoms. The first-order valence-electron chi connectivity index (χ1n) is 5.49. The monoisotopic (exact) mass is 262 g/mol. The van der Waals surface area contributed by atoms with Crippen LogP contribution < -0.4 is 0 Å². The molecule has 0 fully saturated rings. The second-order valence-corrected chi connectivity index (χ2v) is 6.40. The normalized spacial score (nSPS) is 12.3. The van der Waals surface area contributed by atoms with Gasteiger partial charge in [0.2, 0.25) is 0 Å². The summed E-state index contributed by atoms with van der Waals surface area (Å²) in [5.41, 5.74) is 2.47. The number of thioether (sulfide) groups is 1. The third-order valence-electron chi connectivity index (χ3n) is 2.43. The second-order valence-electron chi connectivity index (χ2n) is 3.92. The number of thiophene rings is 1. The molecule has 0 aliphatic carbocycles. The molecule has 88 valence electrons. The van der Waals surface area contributed by atoms with Crippen LogP contribution in [0.25, 0.3) is 0 Å². The van der Waals surface area contributed by atoms with Gasteiger partial charge in [-0.1, -0.05) is 35.9 Å². The lowest BCUT2D eigenvalue weighted by Gasteiger charge is -2.09. The quantitative estimate of drug-likeness (QED) is 0.599. The maximum absolute atomic E-state index is 11.1. The summed E-state index contributed by atoms with van der Waals surface area (Å²) in [5, 5.41) is 2.05. The Balaban J connectivity index is 2.02. The van der Waals surface area contributed by atoms with E-state index in [1.165, 1.54) is 15.3 Å². The zero-order valence-electron chi connectivity index (χ0n) is 9.63. The zero-order chi connectivity index (χ0) is 12.1. The topological polar surface area (TPSA) is 17.1 Å². The molecule has 0 saturated heterocycles. The summed E-state index contributed by atoms with van der Waals surface area (Å²) < 4.78 is 1.20. The molecule has 0 aliphatic rings. The van der Waals surface area contributed by atoms with Crippen molar-refractivity contribution < 1.29 is 4.79 Å². The highest BCUT2D eigenvalue weighted by molar-refractivity contribution is 8.02. The maximum Gasteiger partial charge on any atom is 0.133 e. The van der Waals surface area contributed by atoms with Crippen molar-refractivity contribution in [2.45, 2.75) is 22.8 Å². The summed E-state index contributed by atoms with van der Waals surface area (Å²) in [6.07, 6.45) is 1.85. The first-order chi connectivity index (χ1) is 8.28. The van der Waals surface area contributed by atoms with Gasteiger partial charge >= 0.3 is 0 Å². The standard InChI is InChI=1S/C14H14OS2/c1-11-4-2-5-12(8-11)9-13(10-15)17-14-6-3-7-16-14/h2-8,10,13H,9H2,1H3. The van der Waals surface area contributed by atoms with Crippen LogP contribution in [0.3, 0.4) is 0 Å². The summed E-state index contributed by atoms with van der Waals surface area (Å²) in [6.45, 7) is 2.08. The fourth-order valence-electron chi connectivity index (χ4n) is 1.67. The Bertz CT molecular complexity index is 477. The van der Waals surface area contributed by atoms with Gasteiger partial charge in [-0.3, -0.25) is 0 Å². The summed E-state index contributed by atoms with van der Waals surface area (Å²) in [4.78, 5) is 11.1. The molecule has 0 amide bonds.